The first-order valence-electron chi connectivity index (χ1n) is 50.7. The summed E-state index contributed by atoms with van der Waals surface area (Å²) in [6.45, 7) is 32.1. The van der Waals surface area contributed by atoms with Crippen molar-refractivity contribution in [2.75, 3.05) is 66.1 Å². The van der Waals surface area contributed by atoms with E-state index < -0.39 is 0 Å². The molecule has 0 radical (unpaired) electrons. The SMILES string of the molecule is C[C@]12CCC(=O)C[C@@H]1CC[C@@H]1[C@@H]2CC[C@@]2(C)[C@H]1CCC21OCCO1.C[C@]12CCC(=O)OC[C@@H]1CC[C@@H]1[C@@H]2CC[C@@]2(C)[C@H]1CCC21OCCO1.C[C@]12CCOC(=O)C[C@@H]1CC[C@@H]1[C@@H]2CC[C@@]2(C)[C@H]1CCC21OCCO1.C[C@]12CC[C@H](O)C[C@@H]1CC[C@@H]1[C@@H]2CC[C@@]2(C)[C@H]1CCC21OCCO1.C[C@]12CC[C@H](O)C[C@@H]1CC[C@@H]1[C@@H]2CC[C@]2(C)C(=O)CC[C@@H]12. The van der Waals surface area contributed by atoms with Crippen LogP contribution in [0.2, 0.25) is 0 Å². The third-order valence-corrected chi connectivity index (χ3v) is 45.4. The molecular formula is C103H160O16. The van der Waals surface area contributed by atoms with Gasteiger partial charge in [0.05, 0.1) is 78.3 Å². The number of ether oxygens (including phenoxy) is 10. The standard InChI is InChI=1S/2C21H32O4.C21H34O3.C21H32O3.C19H30O2/c1-19-8-7-18(22)23-13-14(19)3-4-15-16(19)5-9-20(2)17(15)6-10-21(20)24-11-12-25-21;1-19-9-10-23-18(22)13-14(19)3-4-15-16(19)5-7-20(2)17(15)6-8-21(20)24-11-12-25-21;2*1-19-8-5-15(22)13-14(19)3-4-16-17(19)6-9-20(2)18(16)7-10-21(20)23-11-12-24-21;1-18-9-7-13(20)11-12(18)3-4-14-15-5-6-17(21)19(15,2)10-8-16(14)18/h2*14-17H,3-13H2,1-2H3;14-18,22H,3-13H2,1-2H3;14,16-18H,3-13H2,1-2H3;12-16,20H,3-11H2,1-2H3/t2*14-,15+,16-,17-,19-,20-;14-,15-,16+,17-,18-,19-,20-;14-,16+,17-,18-,19-,20-;12-,13-,14-,15-,16-,18-,19-/m00000/s1. The van der Waals surface area contributed by atoms with Crippen LogP contribution in [0.4, 0.5) is 0 Å². The van der Waals surface area contributed by atoms with Crippen molar-refractivity contribution in [3.8, 4) is 0 Å². The van der Waals surface area contributed by atoms with E-state index in [0.29, 0.717) is 89.4 Å². The molecule has 0 unspecified atom stereocenters. The largest absolute Gasteiger partial charge is 0.466 e. The molecule has 0 aromatic carbocycles. The minimum absolute atomic E-state index is 0.0124. The van der Waals surface area contributed by atoms with Crippen LogP contribution in [0.15, 0.2) is 0 Å². The van der Waals surface area contributed by atoms with Gasteiger partial charge in [-0.15, -0.1) is 0 Å². The molecule has 18 aliphatic carbocycles. The number of Topliss-reactive ketones (excluding diaryl/α,β-unsaturated/α-hetero) is 2. The van der Waals surface area contributed by atoms with Gasteiger partial charge in [0.25, 0.3) is 0 Å². The van der Waals surface area contributed by atoms with E-state index >= 15 is 0 Å². The van der Waals surface area contributed by atoms with Gasteiger partial charge in [0, 0.05) is 84.9 Å². The summed E-state index contributed by atoms with van der Waals surface area (Å²) in [5.41, 5.74) is 2.64. The Hall–Kier alpha value is -2.12. The smallest absolute Gasteiger partial charge is 0.306 e. The maximum atomic E-state index is 12.4. The fourth-order valence-corrected chi connectivity index (χ4v) is 38.6. The van der Waals surface area contributed by atoms with E-state index in [2.05, 4.69) is 69.2 Å². The number of carbonyl (C=O) groups is 4. The van der Waals surface area contributed by atoms with Crippen LogP contribution in [-0.2, 0) is 66.5 Å². The Morgan fingerprint density at radius 3 is 1.00 bits per heavy atom. The molecule has 18 saturated carbocycles. The van der Waals surface area contributed by atoms with Crippen molar-refractivity contribution < 1.29 is 76.8 Å². The minimum Gasteiger partial charge on any atom is -0.466 e. The number of aliphatic hydroxyl groups is 2. The van der Waals surface area contributed by atoms with Crippen LogP contribution in [0.5, 0.6) is 0 Å². The highest BCUT2D eigenvalue weighted by molar-refractivity contribution is 5.87. The average Bonchev–Trinajstić information content (AvgIpc) is 1.61. The zero-order valence-corrected chi connectivity index (χ0v) is 75.8. The van der Waals surface area contributed by atoms with Crippen molar-refractivity contribution in [1.82, 2.24) is 0 Å². The Morgan fingerprint density at radius 1 is 0.261 bits per heavy atom. The highest BCUT2D eigenvalue weighted by Crippen LogP contribution is 2.76. The highest BCUT2D eigenvalue weighted by Gasteiger charge is 2.73. The molecule has 24 fully saturated rings. The predicted molar refractivity (Wildman–Crippen MR) is 452 cm³/mol. The topological polar surface area (TPSA) is 201 Å². The van der Waals surface area contributed by atoms with Gasteiger partial charge in [-0.05, 0) is 364 Å². The normalized spacial score (nSPS) is 53.5. The van der Waals surface area contributed by atoms with Crippen LogP contribution in [0.1, 0.15) is 345 Å². The Morgan fingerprint density at radius 2 is 0.588 bits per heavy atom. The molecule has 16 heteroatoms. The lowest BCUT2D eigenvalue weighted by molar-refractivity contribution is -0.248. The maximum Gasteiger partial charge on any atom is 0.306 e. The van der Waals surface area contributed by atoms with E-state index in [1.54, 1.807) is 0 Å². The predicted octanol–water partition coefficient (Wildman–Crippen LogP) is 20.3. The van der Waals surface area contributed by atoms with Gasteiger partial charge in [0.2, 0.25) is 0 Å². The molecule has 4 spiro atoms. The van der Waals surface area contributed by atoms with Gasteiger partial charge in [0.15, 0.2) is 23.1 Å². The Bertz CT molecular complexity index is 3700. The number of aliphatic hydroxyl groups excluding tert-OH is 2. The van der Waals surface area contributed by atoms with Crippen LogP contribution < -0.4 is 0 Å². The number of fused-ring (bicyclic) bond motifs is 29. The second-order valence-electron chi connectivity index (χ2n) is 48.4. The highest BCUT2D eigenvalue weighted by atomic mass is 16.8. The summed E-state index contributed by atoms with van der Waals surface area (Å²) in [5, 5.41) is 20.2. The second-order valence-corrected chi connectivity index (χ2v) is 48.4. The first kappa shape index (κ1) is 85.0. The number of hydrogen-bond acceptors (Lipinski definition) is 16. The summed E-state index contributed by atoms with van der Waals surface area (Å²) in [6.07, 6.45) is 49.3. The van der Waals surface area contributed by atoms with Crippen LogP contribution in [0.25, 0.3) is 0 Å². The van der Waals surface area contributed by atoms with Crippen LogP contribution in [-0.4, -0.2) is 135 Å². The Balaban J connectivity index is 0.0000000954. The summed E-state index contributed by atoms with van der Waals surface area (Å²) < 4.78 is 60.8. The molecule has 0 aromatic rings. The van der Waals surface area contributed by atoms with Gasteiger partial charge >= 0.3 is 11.9 Å². The number of carbonyl (C=O) groups excluding carboxylic acids is 4. The molecule has 119 heavy (non-hydrogen) atoms. The number of ketones is 2. The summed E-state index contributed by atoms with van der Waals surface area (Å²) in [4.78, 5) is 48.2. The van der Waals surface area contributed by atoms with Crippen molar-refractivity contribution >= 4 is 23.5 Å². The molecule has 16 nitrogen and oxygen atoms in total. The van der Waals surface area contributed by atoms with E-state index in [-0.39, 0.29) is 85.2 Å². The fraction of sp³-hybridized carbons (Fsp3) is 0.961. The minimum atomic E-state index is -0.303. The van der Waals surface area contributed by atoms with Gasteiger partial charge < -0.3 is 57.6 Å². The first-order valence-corrected chi connectivity index (χ1v) is 50.7. The molecule has 6 aliphatic heterocycles. The Labute approximate surface area is 715 Å². The Kier molecular flexibility index (Phi) is 22.0. The van der Waals surface area contributed by atoms with E-state index in [1.165, 1.54) is 161 Å². The maximum absolute atomic E-state index is 12.4. The van der Waals surface area contributed by atoms with Gasteiger partial charge in [-0.3, -0.25) is 19.2 Å². The van der Waals surface area contributed by atoms with Crippen LogP contribution >= 0.6 is 0 Å². The third-order valence-electron chi connectivity index (χ3n) is 45.4. The fourth-order valence-electron chi connectivity index (χ4n) is 38.6. The van der Waals surface area contributed by atoms with Crippen LogP contribution in [0.3, 0.4) is 0 Å². The molecule has 24 rings (SSSR count). The summed E-state index contributed by atoms with van der Waals surface area (Å²) in [6, 6.07) is 0. The van der Waals surface area contributed by atoms with E-state index in [9.17, 15) is 29.4 Å². The second kappa shape index (κ2) is 30.8. The van der Waals surface area contributed by atoms with E-state index in [4.69, 9.17) is 47.4 Å². The van der Waals surface area contributed by atoms with Crippen molar-refractivity contribution in [3.63, 3.8) is 0 Å². The van der Waals surface area contributed by atoms with Crippen LogP contribution in [0, 0.1) is 173 Å². The number of esters is 2. The number of cyclic esters (lactones) is 2. The molecule has 668 valence electrons. The summed E-state index contributed by atoms with van der Waals surface area (Å²) >= 11 is 0. The zero-order chi connectivity index (χ0) is 82.6. The molecule has 32 atom stereocenters. The summed E-state index contributed by atoms with van der Waals surface area (Å²) in [7, 11) is 0. The lowest BCUT2D eigenvalue weighted by Gasteiger charge is -2.61. The van der Waals surface area contributed by atoms with Gasteiger partial charge in [-0.25, -0.2) is 0 Å². The third kappa shape index (κ3) is 12.9. The molecule has 0 bridgehead atoms. The van der Waals surface area contributed by atoms with E-state index in [0.717, 1.165) is 238 Å². The molecule has 24 aliphatic rings. The molecule has 0 amide bonds. The van der Waals surface area contributed by atoms with E-state index in [1.807, 2.05) is 0 Å². The molecule has 6 heterocycles. The average molecular weight is 1650 g/mol. The zero-order valence-electron chi connectivity index (χ0n) is 75.8. The lowest BCUT2D eigenvalue weighted by Crippen LogP contribution is -2.57. The number of rotatable bonds is 0. The molecule has 0 aromatic heterocycles. The monoisotopic (exact) mass is 1650 g/mol. The van der Waals surface area contributed by atoms with Crippen molar-refractivity contribution in [2.24, 2.45) is 173 Å². The van der Waals surface area contributed by atoms with Crippen molar-refractivity contribution in [3.05, 3.63) is 0 Å². The number of hydrogen-bond donors (Lipinski definition) is 2. The van der Waals surface area contributed by atoms with Crippen molar-refractivity contribution in [1.29, 1.82) is 0 Å². The van der Waals surface area contributed by atoms with Gasteiger partial charge in [0.1, 0.15) is 11.6 Å². The molecule has 2 N–H and O–H groups in total. The first-order chi connectivity index (χ1) is 56.9. The molecule has 6 saturated heterocycles. The van der Waals surface area contributed by atoms with Crippen molar-refractivity contribution in [2.45, 2.75) is 381 Å². The van der Waals surface area contributed by atoms with Gasteiger partial charge in [-0.1, -0.05) is 69.2 Å². The quantitative estimate of drug-likeness (QED) is 0.217. The molecular weight excluding hydrogens is 1490 g/mol. The van der Waals surface area contributed by atoms with Gasteiger partial charge in [-0.2, -0.15) is 0 Å². The summed E-state index contributed by atoms with van der Waals surface area (Å²) in [5.74, 6) is 14.7. The lowest BCUT2D eigenvalue weighted by atomic mass is 9.45.